The van der Waals surface area contributed by atoms with Gasteiger partial charge in [0.25, 0.3) is 11.8 Å². The van der Waals surface area contributed by atoms with Gasteiger partial charge in [0.1, 0.15) is 5.82 Å². The number of piperidine rings is 1. The maximum atomic E-state index is 13.7. The first-order valence-electron chi connectivity index (χ1n) is 10.0. The van der Waals surface area contributed by atoms with E-state index in [0.717, 1.165) is 13.1 Å². The van der Waals surface area contributed by atoms with Crippen molar-refractivity contribution in [3.63, 3.8) is 0 Å². The van der Waals surface area contributed by atoms with E-state index in [2.05, 4.69) is 24.1 Å². The zero-order chi connectivity index (χ0) is 20.5. The number of hydrogen-bond acceptors (Lipinski definition) is 3. The van der Waals surface area contributed by atoms with E-state index in [1.165, 1.54) is 12.1 Å². The van der Waals surface area contributed by atoms with Crippen LogP contribution in [0.15, 0.2) is 18.2 Å². The third-order valence-electron chi connectivity index (χ3n) is 6.08. The molecule has 1 N–H and O–H groups in total. The number of aryl methyl sites for hydroxylation is 1. The van der Waals surface area contributed by atoms with E-state index in [1.807, 2.05) is 0 Å². The molecule has 1 amide bonds. The fraction of sp³-hybridized carbons (Fsp3) is 0.667. The van der Waals surface area contributed by atoms with Gasteiger partial charge in [-0.15, -0.1) is 0 Å². The molecule has 7 heteroatoms. The Balaban J connectivity index is 1.78. The fourth-order valence-electron chi connectivity index (χ4n) is 4.31. The zero-order valence-electron chi connectivity index (χ0n) is 16.9. The van der Waals surface area contributed by atoms with Crippen LogP contribution in [0.3, 0.4) is 0 Å². The number of rotatable bonds is 5. The first-order valence-corrected chi connectivity index (χ1v) is 10.0. The van der Waals surface area contributed by atoms with E-state index in [4.69, 9.17) is 0 Å². The van der Waals surface area contributed by atoms with E-state index in [1.54, 1.807) is 17.9 Å². The highest BCUT2D eigenvalue weighted by atomic mass is 19.3. The zero-order valence-corrected chi connectivity index (χ0v) is 16.9. The summed E-state index contributed by atoms with van der Waals surface area (Å²) in [6.45, 7) is 8.08. The van der Waals surface area contributed by atoms with Gasteiger partial charge >= 0.3 is 0 Å². The molecule has 156 valence electrons. The summed E-state index contributed by atoms with van der Waals surface area (Å²) in [6.07, 6.45) is 1.23. The quantitative estimate of drug-likeness (QED) is 0.827. The number of carbonyl (C=O) groups excluding carboxylic acids is 1. The Labute approximate surface area is 165 Å². The highest BCUT2D eigenvalue weighted by molar-refractivity contribution is 5.96. The third-order valence-corrected chi connectivity index (χ3v) is 6.08. The molecule has 0 radical (unpaired) electrons. The second kappa shape index (κ2) is 8.03. The molecule has 4 nitrogen and oxygen atoms in total. The van der Waals surface area contributed by atoms with Crippen LogP contribution in [0.2, 0.25) is 0 Å². The number of carbonyl (C=O) groups is 1. The number of likely N-dealkylation sites (tertiary alicyclic amines) is 2. The van der Waals surface area contributed by atoms with Gasteiger partial charge < -0.3 is 10.2 Å². The Morgan fingerprint density at radius 1 is 1.18 bits per heavy atom. The molecule has 28 heavy (non-hydrogen) atoms. The van der Waals surface area contributed by atoms with Crippen molar-refractivity contribution < 1.29 is 18.0 Å². The number of alkyl halides is 2. The molecular formula is C21H30F3N3O. The Morgan fingerprint density at radius 3 is 2.43 bits per heavy atom. The average Bonchev–Trinajstić information content (AvgIpc) is 2.95. The topological polar surface area (TPSA) is 35.6 Å². The Morgan fingerprint density at radius 2 is 1.86 bits per heavy atom. The van der Waals surface area contributed by atoms with Crippen LogP contribution >= 0.6 is 0 Å². The summed E-state index contributed by atoms with van der Waals surface area (Å²) < 4.78 is 41.0. The molecule has 2 heterocycles. The Kier molecular flexibility index (Phi) is 6.05. The van der Waals surface area contributed by atoms with Crippen LogP contribution < -0.4 is 5.32 Å². The lowest BCUT2D eigenvalue weighted by atomic mass is 9.85. The summed E-state index contributed by atoms with van der Waals surface area (Å²) >= 11 is 0. The monoisotopic (exact) mass is 397 g/mol. The SMILES string of the molecule is Cc1ccc(F)cc1C(=O)NC1(CN2CCC(F)(F)C2)CCN(C(C)C)CC1. The van der Waals surface area contributed by atoms with Crippen molar-refractivity contribution in [1.29, 1.82) is 0 Å². The number of benzene rings is 1. The molecule has 0 bridgehead atoms. The fourth-order valence-corrected chi connectivity index (χ4v) is 4.31. The van der Waals surface area contributed by atoms with Gasteiger partial charge in [0.05, 0.1) is 12.1 Å². The van der Waals surface area contributed by atoms with E-state index < -0.39 is 17.3 Å². The minimum absolute atomic E-state index is 0.141. The minimum Gasteiger partial charge on any atom is -0.345 e. The van der Waals surface area contributed by atoms with E-state index >= 15 is 0 Å². The van der Waals surface area contributed by atoms with Crippen LogP contribution in [0.5, 0.6) is 0 Å². The Bertz CT molecular complexity index is 715. The first kappa shape index (κ1) is 21.1. The predicted octanol–water partition coefficient (Wildman–Crippen LogP) is 3.45. The van der Waals surface area contributed by atoms with Crippen LogP contribution in [0.25, 0.3) is 0 Å². The molecule has 0 saturated carbocycles. The smallest absolute Gasteiger partial charge is 0.261 e. The second-order valence-corrected chi connectivity index (χ2v) is 8.64. The summed E-state index contributed by atoms with van der Waals surface area (Å²) in [4.78, 5) is 17.0. The van der Waals surface area contributed by atoms with Crippen molar-refractivity contribution in [3.8, 4) is 0 Å². The molecule has 1 aromatic rings. The van der Waals surface area contributed by atoms with Crippen LogP contribution in [0.1, 0.15) is 49.0 Å². The standard InChI is InChI=1S/C21H30F3N3O/c1-15(2)27-10-6-20(7-11-27,13-26-9-8-21(23,24)14-26)25-19(28)18-12-17(22)5-4-16(18)3/h4-5,12,15H,6-11,13-14H2,1-3H3,(H,25,28). The number of nitrogens with zero attached hydrogens (tertiary/aromatic N) is 2. The summed E-state index contributed by atoms with van der Waals surface area (Å²) in [6, 6.07) is 4.55. The molecule has 2 aliphatic rings. The van der Waals surface area contributed by atoms with Crippen LogP contribution in [-0.4, -0.2) is 65.9 Å². The summed E-state index contributed by atoms with van der Waals surface area (Å²) in [5.41, 5.74) is 0.417. The highest BCUT2D eigenvalue weighted by Crippen LogP contribution is 2.31. The van der Waals surface area contributed by atoms with Crippen molar-refractivity contribution in [1.82, 2.24) is 15.1 Å². The van der Waals surface area contributed by atoms with Crippen molar-refractivity contribution in [2.24, 2.45) is 0 Å². The number of nitrogens with one attached hydrogen (secondary N) is 1. The van der Waals surface area contributed by atoms with Gasteiger partial charge in [0, 0.05) is 44.2 Å². The van der Waals surface area contributed by atoms with Gasteiger partial charge in [-0.25, -0.2) is 13.2 Å². The van der Waals surface area contributed by atoms with Gasteiger partial charge in [-0.2, -0.15) is 0 Å². The van der Waals surface area contributed by atoms with Crippen LogP contribution in [0.4, 0.5) is 13.2 Å². The molecule has 0 atom stereocenters. The van der Waals surface area contributed by atoms with Gasteiger partial charge in [0.2, 0.25) is 0 Å². The van der Waals surface area contributed by atoms with Crippen molar-refractivity contribution in [2.45, 2.75) is 57.5 Å². The van der Waals surface area contributed by atoms with E-state index in [-0.39, 0.29) is 18.9 Å². The van der Waals surface area contributed by atoms with Crippen molar-refractivity contribution in [3.05, 3.63) is 35.1 Å². The van der Waals surface area contributed by atoms with Crippen molar-refractivity contribution >= 4 is 5.91 Å². The van der Waals surface area contributed by atoms with Crippen LogP contribution in [0, 0.1) is 12.7 Å². The van der Waals surface area contributed by atoms with Gasteiger partial charge in [0.15, 0.2) is 0 Å². The molecule has 0 unspecified atom stereocenters. The Hall–Kier alpha value is -1.60. The molecule has 0 aliphatic carbocycles. The minimum atomic E-state index is -2.66. The normalized spacial score (nSPS) is 22.5. The summed E-state index contributed by atoms with van der Waals surface area (Å²) in [5, 5.41) is 3.11. The maximum Gasteiger partial charge on any atom is 0.261 e. The van der Waals surface area contributed by atoms with Gasteiger partial charge in [-0.1, -0.05) is 6.07 Å². The molecule has 0 aromatic heterocycles. The van der Waals surface area contributed by atoms with Crippen LogP contribution in [-0.2, 0) is 0 Å². The molecule has 3 rings (SSSR count). The number of hydrogen-bond donors (Lipinski definition) is 1. The largest absolute Gasteiger partial charge is 0.345 e. The lowest BCUT2D eigenvalue weighted by Crippen LogP contribution is -2.61. The molecule has 2 fully saturated rings. The molecule has 2 aliphatic heterocycles. The highest BCUT2D eigenvalue weighted by Gasteiger charge is 2.44. The number of halogens is 3. The van der Waals surface area contributed by atoms with Gasteiger partial charge in [-0.3, -0.25) is 9.69 Å². The lowest BCUT2D eigenvalue weighted by Gasteiger charge is -2.45. The predicted molar refractivity (Wildman–Crippen MR) is 103 cm³/mol. The maximum absolute atomic E-state index is 13.7. The molecule has 1 aromatic carbocycles. The van der Waals surface area contributed by atoms with E-state index in [0.29, 0.717) is 43.1 Å². The third kappa shape index (κ3) is 4.87. The average molecular weight is 397 g/mol. The molecule has 2 saturated heterocycles. The van der Waals surface area contributed by atoms with Crippen molar-refractivity contribution in [2.75, 3.05) is 32.7 Å². The van der Waals surface area contributed by atoms with Gasteiger partial charge in [-0.05, 0) is 51.3 Å². The summed E-state index contributed by atoms with van der Waals surface area (Å²) in [7, 11) is 0. The first-order chi connectivity index (χ1) is 13.1. The summed E-state index contributed by atoms with van der Waals surface area (Å²) in [5.74, 6) is -3.46. The number of amides is 1. The molecular weight excluding hydrogens is 367 g/mol. The van der Waals surface area contributed by atoms with E-state index in [9.17, 15) is 18.0 Å². The second-order valence-electron chi connectivity index (χ2n) is 8.64. The molecule has 0 spiro atoms. The lowest BCUT2D eigenvalue weighted by molar-refractivity contribution is 0.00651.